The Morgan fingerprint density at radius 1 is 1.33 bits per heavy atom. The number of hydrogen-bond donors (Lipinski definition) is 3. The Balaban J connectivity index is 2.17. The Morgan fingerprint density at radius 3 is 2.67 bits per heavy atom. The van der Waals surface area contributed by atoms with Gasteiger partial charge >= 0.3 is 0 Å². The molecule has 1 aliphatic rings. The fraction of sp³-hybridized carbons (Fsp3) is 0.923. The molecule has 1 fully saturated rings. The van der Waals surface area contributed by atoms with Gasteiger partial charge in [-0.3, -0.25) is 4.99 Å². The first kappa shape index (κ1) is 18.2. The second-order valence-corrected chi connectivity index (χ2v) is 7.50. The smallest absolute Gasteiger partial charge is 0.211 e. The lowest BCUT2D eigenvalue weighted by Crippen LogP contribution is -2.46. The molecule has 1 rings (SSSR count). The highest BCUT2D eigenvalue weighted by atomic mass is 32.2. The average molecular weight is 320 g/mol. The van der Waals surface area contributed by atoms with Gasteiger partial charge in [0.15, 0.2) is 5.96 Å². The summed E-state index contributed by atoms with van der Waals surface area (Å²) >= 11 is 0. The third kappa shape index (κ3) is 7.10. The molecule has 1 saturated heterocycles. The number of rotatable bonds is 8. The van der Waals surface area contributed by atoms with Crippen LogP contribution in [0.2, 0.25) is 0 Å². The summed E-state index contributed by atoms with van der Waals surface area (Å²) in [6.07, 6.45) is 2.85. The molecule has 1 unspecified atom stereocenters. The molecule has 124 valence electrons. The van der Waals surface area contributed by atoms with Crippen LogP contribution in [-0.2, 0) is 14.8 Å². The van der Waals surface area contributed by atoms with Crippen LogP contribution in [0.25, 0.3) is 0 Å². The molecule has 0 aromatic rings. The lowest BCUT2D eigenvalue weighted by atomic mass is 10.0. The molecule has 0 aromatic carbocycles. The molecule has 8 heteroatoms. The van der Waals surface area contributed by atoms with Crippen LogP contribution >= 0.6 is 0 Å². The fourth-order valence-electron chi connectivity index (χ4n) is 2.09. The fourth-order valence-corrected chi connectivity index (χ4v) is 2.75. The van der Waals surface area contributed by atoms with E-state index in [0.29, 0.717) is 25.5 Å². The van der Waals surface area contributed by atoms with Crippen molar-refractivity contribution >= 4 is 16.0 Å². The Kier molecular flexibility index (Phi) is 7.41. The van der Waals surface area contributed by atoms with Gasteiger partial charge in [0.1, 0.15) is 0 Å². The van der Waals surface area contributed by atoms with Crippen LogP contribution in [0.5, 0.6) is 0 Å². The number of nitrogens with zero attached hydrogens (tertiary/aromatic N) is 1. The summed E-state index contributed by atoms with van der Waals surface area (Å²) in [5.41, 5.74) is -0.117. The molecule has 7 nitrogen and oxygen atoms in total. The van der Waals surface area contributed by atoms with Gasteiger partial charge in [-0.2, -0.15) is 0 Å². The molecule has 0 aliphatic carbocycles. The van der Waals surface area contributed by atoms with Crippen LogP contribution in [-0.4, -0.2) is 59.0 Å². The van der Waals surface area contributed by atoms with Crippen molar-refractivity contribution in [2.75, 3.05) is 39.0 Å². The number of sulfonamides is 1. The molecule has 1 aliphatic heterocycles. The van der Waals surface area contributed by atoms with E-state index in [1.54, 1.807) is 14.0 Å². The number of aliphatic imine (C=N–C) groups is 1. The first-order chi connectivity index (χ1) is 9.91. The Bertz CT molecular complexity index is 431. The van der Waals surface area contributed by atoms with Crippen molar-refractivity contribution in [1.29, 1.82) is 0 Å². The second kappa shape index (κ2) is 8.55. The van der Waals surface area contributed by atoms with Gasteiger partial charge in [0.25, 0.3) is 0 Å². The van der Waals surface area contributed by atoms with Gasteiger partial charge in [0.05, 0.1) is 11.4 Å². The van der Waals surface area contributed by atoms with Crippen LogP contribution in [0.3, 0.4) is 0 Å². The predicted octanol–water partition coefficient (Wildman–Crippen LogP) is 0.0499. The van der Waals surface area contributed by atoms with E-state index in [1.165, 1.54) is 0 Å². The molecule has 0 bridgehead atoms. The van der Waals surface area contributed by atoms with E-state index in [1.807, 2.05) is 0 Å². The Hall–Kier alpha value is -0.860. The highest BCUT2D eigenvalue weighted by Gasteiger charge is 2.29. The maximum absolute atomic E-state index is 11.3. The van der Waals surface area contributed by atoms with Crippen molar-refractivity contribution in [2.45, 2.75) is 38.7 Å². The summed E-state index contributed by atoms with van der Waals surface area (Å²) in [6, 6.07) is 0. The topological polar surface area (TPSA) is 91.8 Å². The van der Waals surface area contributed by atoms with Gasteiger partial charge in [0.2, 0.25) is 10.0 Å². The van der Waals surface area contributed by atoms with Crippen LogP contribution in [0.1, 0.15) is 33.1 Å². The molecule has 0 radical (unpaired) electrons. The zero-order chi connectivity index (χ0) is 15.8. The van der Waals surface area contributed by atoms with E-state index in [4.69, 9.17) is 4.74 Å². The van der Waals surface area contributed by atoms with Gasteiger partial charge in [-0.15, -0.1) is 0 Å². The predicted molar refractivity (Wildman–Crippen MR) is 85.0 cm³/mol. The van der Waals surface area contributed by atoms with E-state index >= 15 is 0 Å². The van der Waals surface area contributed by atoms with Gasteiger partial charge in [-0.1, -0.05) is 0 Å². The number of guanidine groups is 1. The Labute approximate surface area is 128 Å². The first-order valence-corrected chi connectivity index (χ1v) is 9.12. The van der Waals surface area contributed by atoms with E-state index in [9.17, 15) is 8.42 Å². The van der Waals surface area contributed by atoms with E-state index in [-0.39, 0.29) is 11.4 Å². The van der Waals surface area contributed by atoms with Crippen LogP contribution in [0.15, 0.2) is 4.99 Å². The summed E-state index contributed by atoms with van der Waals surface area (Å²) in [4.78, 5) is 4.14. The van der Waals surface area contributed by atoms with Crippen LogP contribution in [0.4, 0.5) is 0 Å². The zero-order valence-corrected chi connectivity index (χ0v) is 14.1. The summed E-state index contributed by atoms with van der Waals surface area (Å²) in [5, 5.41) is 6.41. The highest BCUT2D eigenvalue weighted by Crippen LogP contribution is 2.23. The zero-order valence-electron chi connectivity index (χ0n) is 13.2. The minimum Gasteiger partial charge on any atom is -0.373 e. The van der Waals surface area contributed by atoms with E-state index < -0.39 is 10.0 Å². The average Bonchev–Trinajstić information content (AvgIpc) is 2.89. The number of ether oxygens (including phenoxy) is 1. The van der Waals surface area contributed by atoms with Gasteiger partial charge in [-0.25, -0.2) is 13.1 Å². The SMILES string of the molecule is CCS(=O)(=O)NCCCNC(=NC)NCC1(C)CCCO1. The monoisotopic (exact) mass is 320 g/mol. The van der Waals surface area contributed by atoms with Crippen molar-refractivity contribution in [3.63, 3.8) is 0 Å². The molecule has 0 aromatic heterocycles. The Morgan fingerprint density at radius 2 is 2.10 bits per heavy atom. The van der Waals surface area contributed by atoms with Crippen molar-refractivity contribution < 1.29 is 13.2 Å². The van der Waals surface area contributed by atoms with Crippen LogP contribution < -0.4 is 15.4 Å². The molecule has 0 saturated carbocycles. The first-order valence-electron chi connectivity index (χ1n) is 7.46. The second-order valence-electron chi connectivity index (χ2n) is 5.41. The van der Waals surface area contributed by atoms with Gasteiger partial charge < -0.3 is 15.4 Å². The standard InChI is InChI=1S/C13H28N4O3S/c1-4-21(18,19)17-9-6-8-15-12(14-3)16-11-13(2)7-5-10-20-13/h17H,4-11H2,1-3H3,(H2,14,15,16). The minimum atomic E-state index is -3.10. The lowest BCUT2D eigenvalue weighted by molar-refractivity contribution is 0.0243. The lowest BCUT2D eigenvalue weighted by Gasteiger charge is -2.24. The third-order valence-corrected chi connectivity index (χ3v) is 4.91. The minimum absolute atomic E-state index is 0.113. The van der Waals surface area contributed by atoms with Gasteiger partial charge in [0, 0.05) is 33.3 Å². The molecular formula is C13H28N4O3S. The summed E-state index contributed by atoms with van der Waals surface area (Å²) < 4.78 is 30.8. The largest absolute Gasteiger partial charge is 0.373 e. The molecule has 21 heavy (non-hydrogen) atoms. The quantitative estimate of drug-likeness (QED) is 0.334. The van der Waals surface area contributed by atoms with Crippen molar-refractivity contribution in [3.05, 3.63) is 0 Å². The number of hydrogen-bond acceptors (Lipinski definition) is 4. The maximum Gasteiger partial charge on any atom is 0.211 e. The maximum atomic E-state index is 11.3. The van der Waals surface area contributed by atoms with Gasteiger partial charge in [-0.05, 0) is 33.1 Å². The molecule has 0 spiro atoms. The summed E-state index contributed by atoms with van der Waals surface area (Å²) in [7, 11) is -1.38. The molecular weight excluding hydrogens is 292 g/mol. The molecule has 1 atom stereocenters. The highest BCUT2D eigenvalue weighted by molar-refractivity contribution is 7.89. The molecule has 0 amide bonds. The molecule has 1 heterocycles. The van der Waals surface area contributed by atoms with Crippen LogP contribution in [0, 0.1) is 0 Å². The van der Waals surface area contributed by atoms with E-state index in [0.717, 1.165) is 26.0 Å². The summed E-state index contributed by atoms with van der Waals surface area (Å²) in [5.74, 6) is 0.826. The molecule has 3 N–H and O–H groups in total. The van der Waals surface area contributed by atoms with Crippen molar-refractivity contribution in [2.24, 2.45) is 4.99 Å². The number of nitrogens with one attached hydrogen (secondary N) is 3. The van der Waals surface area contributed by atoms with Crippen molar-refractivity contribution in [1.82, 2.24) is 15.4 Å². The normalized spacial score (nSPS) is 23.3. The third-order valence-electron chi connectivity index (χ3n) is 3.50. The van der Waals surface area contributed by atoms with E-state index in [2.05, 4.69) is 27.3 Å². The summed E-state index contributed by atoms with van der Waals surface area (Å²) in [6.45, 7) is 6.35. The van der Waals surface area contributed by atoms with Crippen molar-refractivity contribution in [3.8, 4) is 0 Å².